The quantitative estimate of drug-likeness (QED) is 0.905. The Morgan fingerprint density at radius 2 is 1.94 bits per heavy atom. The Bertz CT molecular complexity index is 585. The number of rotatable bonds is 4. The van der Waals surface area contributed by atoms with Gasteiger partial charge >= 0.3 is 5.97 Å². The zero-order chi connectivity index (χ0) is 13.5. The van der Waals surface area contributed by atoms with E-state index in [0.717, 1.165) is 5.56 Å². The molecule has 1 aromatic rings. The average Bonchev–Trinajstić information content (AvgIpc) is 3.05. The first kappa shape index (κ1) is 13.1. The highest BCUT2D eigenvalue weighted by Gasteiger charge is 2.46. The van der Waals surface area contributed by atoms with Gasteiger partial charge in [-0.25, -0.2) is 8.42 Å². The van der Waals surface area contributed by atoms with E-state index >= 15 is 0 Å². The SMILES string of the molecule is Cc1ccc(C)c(S(=O)(=O)C(C(=O)O)C2CC2)c1. The van der Waals surface area contributed by atoms with Crippen LogP contribution in [0.1, 0.15) is 24.0 Å². The maximum atomic E-state index is 12.4. The van der Waals surface area contributed by atoms with Crippen molar-refractivity contribution in [2.45, 2.75) is 36.8 Å². The normalized spacial score (nSPS) is 17.4. The second kappa shape index (κ2) is 4.39. The Hall–Kier alpha value is -1.36. The van der Waals surface area contributed by atoms with Crippen molar-refractivity contribution in [3.05, 3.63) is 29.3 Å². The van der Waals surface area contributed by atoms with Crippen LogP contribution in [0.2, 0.25) is 0 Å². The minimum absolute atomic E-state index is 0.154. The van der Waals surface area contributed by atoms with E-state index in [0.29, 0.717) is 18.4 Å². The molecule has 1 aromatic carbocycles. The van der Waals surface area contributed by atoms with Crippen LogP contribution in [0.5, 0.6) is 0 Å². The zero-order valence-corrected chi connectivity index (χ0v) is 11.2. The molecule has 1 atom stereocenters. The molecule has 1 aliphatic carbocycles. The van der Waals surface area contributed by atoms with Crippen LogP contribution in [0.25, 0.3) is 0 Å². The minimum atomic E-state index is -3.79. The molecule has 1 N–H and O–H groups in total. The van der Waals surface area contributed by atoms with E-state index < -0.39 is 21.1 Å². The van der Waals surface area contributed by atoms with E-state index in [1.165, 1.54) is 0 Å². The van der Waals surface area contributed by atoms with Crippen molar-refractivity contribution in [1.29, 1.82) is 0 Å². The lowest BCUT2D eigenvalue weighted by molar-refractivity contribution is -0.136. The molecule has 0 aromatic heterocycles. The van der Waals surface area contributed by atoms with E-state index in [1.807, 2.05) is 6.07 Å². The Balaban J connectivity index is 2.52. The summed E-state index contributed by atoms with van der Waals surface area (Å²) in [5, 5.41) is 7.87. The van der Waals surface area contributed by atoms with E-state index in [-0.39, 0.29) is 10.8 Å². The topological polar surface area (TPSA) is 71.4 Å². The standard InChI is InChI=1S/C13H16O4S/c1-8-3-4-9(2)11(7-8)18(16,17)12(13(14)15)10-5-6-10/h3-4,7,10,12H,5-6H2,1-2H3,(H,14,15). The van der Waals surface area contributed by atoms with Gasteiger partial charge in [-0.3, -0.25) is 4.79 Å². The number of aliphatic carboxylic acids is 1. The van der Waals surface area contributed by atoms with E-state index in [2.05, 4.69) is 0 Å². The monoisotopic (exact) mass is 268 g/mol. The highest BCUT2D eigenvalue weighted by Crippen LogP contribution is 2.39. The largest absolute Gasteiger partial charge is 0.480 e. The predicted molar refractivity (Wildman–Crippen MR) is 67.2 cm³/mol. The lowest BCUT2D eigenvalue weighted by Crippen LogP contribution is -2.32. The van der Waals surface area contributed by atoms with Crippen LogP contribution in [-0.4, -0.2) is 24.7 Å². The van der Waals surface area contributed by atoms with Crippen LogP contribution in [0.4, 0.5) is 0 Å². The van der Waals surface area contributed by atoms with Gasteiger partial charge in [0.1, 0.15) is 0 Å². The summed E-state index contributed by atoms with van der Waals surface area (Å²) >= 11 is 0. The highest BCUT2D eigenvalue weighted by molar-refractivity contribution is 7.92. The third-order valence-electron chi connectivity index (χ3n) is 3.28. The van der Waals surface area contributed by atoms with Crippen LogP contribution in [0, 0.1) is 19.8 Å². The highest BCUT2D eigenvalue weighted by atomic mass is 32.2. The molecular weight excluding hydrogens is 252 g/mol. The second-order valence-corrected chi connectivity index (χ2v) is 6.95. The second-order valence-electron chi connectivity index (χ2n) is 4.91. The van der Waals surface area contributed by atoms with Crippen molar-refractivity contribution in [3.63, 3.8) is 0 Å². The number of hydrogen-bond donors (Lipinski definition) is 1. The molecule has 0 spiro atoms. The fraction of sp³-hybridized carbons (Fsp3) is 0.462. The Labute approximate surface area is 107 Å². The number of carboxylic acids is 1. The molecular formula is C13H16O4S. The van der Waals surface area contributed by atoms with Gasteiger partial charge in [0, 0.05) is 0 Å². The molecule has 1 aliphatic rings. The molecule has 0 bridgehead atoms. The fourth-order valence-corrected chi connectivity index (χ4v) is 4.32. The lowest BCUT2D eigenvalue weighted by Gasteiger charge is -2.15. The summed E-state index contributed by atoms with van der Waals surface area (Å²) in [6.45, 7) is 3.49. The molecule has 98 valence electrons. The van der Waals surface area contributed by atoms with Crippen LogP contribution in [0.15, 0.2) is 23.1 Å². The maximum Gasteiger partial charge on any atom is 0.322 e. The van der Waals surface area contributed by atoms with E-state index in [4.69, 9.17) is 5.11 Å². The third-order valence-corrected chi connectivity index (χ3v) is 5.59. The van der Waals surface area contributed by atoms with Crippen molar-refractivity contribution in [1.82, 2.24) is 0 Å². The van der Waals surface area contributed by atoms with Gasteiger partial charge in [-0.1, -0.05) is 12.1 Å². The Kier molecular flexibility index (Phi) is 3.19. The summed E-state index contributed by atoms with van der Waals surface area (Å²) in [5.74, 6) is -1.47. The molecule has 1 unspecified atom stereocenters. The fourth-order valence-electron chi connectivity index (χ4n) is 2.14. The third kappa shape index (κ3) is 2.27. The van der Waals surface area contributed by atoms with Crippen molar-refractivity contribution in [2.24, 2.45) is 5.92 Å². The first-order chi connectivity index (χ1) is 8.34. The summed E-state index contributed by atoms with van der Waals surface area (Å²) in [4.78, 5) is 11.4. The Morgan fingerprint density at radius 1 is 1.33 bits per heavy atom. The van der Waals surface area contributed by atoms with Crippen LogP contribution < -0.4 is 0 Å². The summed E-state index contributed by atoms with van der Waals surface area (Å²) < 4.78 is 24.9. The number of sulfone groups is 1. The molecule has 1 fully saturated rings. The van der Waals surface area contributed by atoms with Gasteiger partial charge in [0.15, 0.2) is 15.1 Å². The first-order valence-electron chi connectivity index (χ1n) is 5.88. The van der Waals surface area contributed by atoms with Gasteiger partial charge in [-0.15, -0.1) is 0 Å². The number of carboxylic acid groups (broad SMARTS) is 1. The number of benzene rings is 1. The molecule has 5 heteroatoms. The van der Waals surface area contributed by atoms with Crippen molar-refractivity contribution in [3.8, 4) is 0 Å². The van der Waals surface area contributed by atoms with Crippen molar-refractivity contribution in [2.75, 3.05) is 0 Å². The van der Waals surface area contributed by atoms with Crippen LogP contribution in [0.3, 0.4) is 0 Å². The average molecular weight is 268 g/mol. The zero-order valence-electron chi connectivity index (χ0n) is 10.4. The molecule has 0 radical (unpaired) electrons. The van der Waals surface area contributed by atoms with E-state index in [1.54, 1.807) is 26.0 Å². The molecule has 0 heterocycles. The molecule has 2 rings (SSSR count). The van der Waals surface area contributed by atoms with Crippen LogP contribution in [-0.2, 0) is 14.6 Å². The first-order valence-corrected chi connectivity index (χ1v) is 7.42. The molecule has 4 nitrogen and oxygen atoms in total. The van der Waals surface area contributed by atoms with Gasteiger partial charge in [-0.05, 0) is 49.8 Å². The van der Waals surface area contributed by atoms with Gasteiger partial charge < -0.3 is 5.11 Å². The number of aryl methyl sites for hydroxylation is 2. The van der Waals surface area contributed by atoms with Gasteiger partial charge in [-0.2, -0.15) is 0 Å². The van der Waals surface area contributed by atoms with Gasteiger partial charge in [0.05, 0.1) is 4.90 Å². The molecule has 0 aliphatic heterocycles. The van der Waals surface area contributed by atoms with Gasteiger partial charge in [0.2, 0.25) is 0 Å². The maximum absolute atomic E-state index is 12.4. The molecule has 0 amide bonds. The summed E-state index contributed by atoms with van der Waals surface area (Å²) in [6, 6.07) is 5.10. The number of hydrogen-bond acceptors (Lipinski definition) is 3. The summed E-state index contributed by atoms with van der Waals surface area (Å²) in [7, 11) is -3.79. The smallest absolute Gasteiger partial charge is 0.322 e. The Morgan fingerprint density at radius 3 is 2.44 bits per heavy atom. The lowest BCUT2D eigenvalue weighted by atomic mass is 10.2. The predicted octanol–water partition coefficient (Wildman–Crippen LogP) is 1.94. The molecule has 18 heavy (non-hydrogen) atoms. The van der Waals surface area contributed by atoms with Crippen molar-refractivity contribution < 1.29 is 18.3 Å². The summed E-state index contributed by atoms with van der Waals surface area (Å²) in [6.07, 6.45) is 1.36. The van der Waals surface area contributed by atoms with Crippen molar-refractivity contribution >= 4 is 15.8 Å². The van der Waals surface area contributed by atoms with E-state index in [9.17, 15) is 13.2 Å². The van der Waals surface area contributed by atoms with Crippen LogP contribution >= 0.6 is 0 Å². The van der Waals surface area contributed by atoms with Gasteiger partial charge in [0.25, 0.3) is 0 Å². The molecule has 0 saturated heterocycles. The molecule has 1 saturated carbocycles. The summed E-state index contributed by atoms with van der Waals surface area (Å²) in [5.41, 5.74) is 1.42. The number of carbonyl (C=O) groups is 1. The minimum Gasteiger partial charge on any atom is -0.480 e.